The molecule has 112 valence electrons. The van der Waals surface area contributed by atoms with E-state index in [9.17, 15) is 13.2 Å². The first kappa shape index (κ1) is 16.2. The molecule has 0 saturated heterocycles. The van der Waals surface area contributed by atoms with Gasteiger partial charge in [0, 0.05) is 15.5 Å². The monoisotopic (exact) mass is 423 g/mol. The molecule has 1 N–H and O–H groups in total. The van der Waals surface area contributed by atoms with Crippen LogP contribution in [0, 0.1) is 0 Å². The van der Waals surface area contributed by atoms with Crippen LogP contribution in [-0.4, -0.2) is 6.36 Å². The van der Waals surface area contributed by atoms with Gasteiger partial charge in [0.2, 0.25) is 0 Å². The van der Waals surface area contributed by atoms with Gasteiger partial charge in [-0.3, -0.25) is 0 Å². The van der Waals surface area contributed by atoms with Gasteiger partial charge in [0.25, 0.3) is 0 Å². The van der Waals surface area contributed by atoms with Gasteiger partial charge < -0.3 is 10.1 Å². The number of halogens is 5. The predicted octanol–water partition coefficient (Wildman–Crippen LogP) is 5.72. The van der Waals surface area contributed by atoms with E-state index in [0.29, 0.717) is 12.1 Å². The standard InChI is InChI=1S/C14H10Br2F3NO/c15-11-5-2-6-12(16)13(11)20-8-9-3-1-4-10(7-9)21-14(17,18)19/h1-7,20H,8H2. The highest BCUT2D eigenvalue weighted by Crippen LogP contribution is 2.31. The van der Waals surface area contributed by atoms with Crippen molar-refractivity contribution >= 4 is 37.5 Å². The van der Waals surface area contributed by atoms with Crippen molar-refractivity contribution in [3.05, 3.63) is 57.0 Å². The first-order chi connectivity index (χ1) is 9.85. The topological polar surface area (TPSA) is 21.3 Å². The van der Waals surface area contributed by atoms with Crippen LogP contribution in [0.15, 0.2) is 51.4 Å². The van der Waals surface area contributed by atoms with E-state index in [1.165, 1.54) is 18.2 Å². The lowest BCUT2D eigenvalue weighted by Gasteiger charge is -2.12. The SMILES string of the molecule is FC(F)(F)Oc1cccc(CNc2c(Br)cccc2Br)c1. The predicted molar refractivity (Wildman–Crippen MR) is 82.3 cm³/mol. The van der Waals surface area contributed by atoms with Gasteiger partial charge in [-0.05, 0) is 61.7 Å². The molecular formula is C14H10Br2F3NO. The molecule has 0 radical (unpaired) electrons. The lowest BCUT2D eigenvalue weighted by atomic mass is 10.2. The van der Waals surface area contributed by atoms with Gasteiger partial charge in [-0.2, -0.15) is 0 Å². The number of ether oxygens (including phenoxy) is 1. The van der Waals surface area contributed by atoms with Crippen LogP contribution in [0.2, 0.25) is 0 Å². The average Bonchev–Trinajstić information content (AvgIpc) is 2.36. The van der Waals surface area contributed by atoms with E-state index in [-0.39, 0.29) is 5.75 Å². The number of anilines is 1. The second-order valence-electron chi connectivity index (χ2n) is 4.15. The molecule has 0 aliphatic carbocycles. The first-order valence-electron chi connectivity index (χ1n) is 5.88. The molecule has 2 nitrogen and oxygen atoms in total. The van der Waals surface area contributed by atoms with Crippen molar-refractivity contribution in [2.75, 3.05) is 5.32 Å². The summed E-state index contributed by atoms with van der Waals surface area (Å²) in [5, 5.41) is 3.16. The van der Waals surface area contributed by atoms with Gasteiger partial charge in [-0.15, -0.1) is 13.2 Å². The zero-order valence-electron chi connectivity index (χ0n) is 10.5. The van der Waals surface area contributed by atoms with E-state index < -0.39 is 6.36 Å². The molecule has 2 rings (SSSR count). The number of nitrogens with one attached hydrogen (secondary N) is 1. The molecule has 0 amide bonds. The molecule has 2 aromatic carbocycles. The molecule has 0 heterocycles. The summed E-state index contributed by atoms with van der Waals surface area (Å²) in [6.07, 6.45) is -4.68. The molecule has 2 aromatic rings. The Morgan fingerprint density at radius 1 is 1.00 bits per heavy atom. The summed E-state index contributed by atoms with van der Waals surface area (Å²) in [4.78, 5) is 0. The largest absolute Gasteiger partial charge is 0.573 e. The molecule has 0 unspecified atom stereocenters. The zero-order valence-corrected chi connectivity index (χ0v) is 13.7. The third-order valence-corrected chi connectivity index (χ3v) is 3.89. The fraction of sp³-hybridized carbons (Fsp3) is 0.143. The van der Waals surface area contributed by atoms with Crippen molar-refractivity contribution < 1.29 is 17.9 Å². The third-order valence-electron chi connectivity index (χ3n) is 2.56. The van der Waals surface area contributed by atoms with E-state index in [2.05, 4.69) is 41.9 Å². The Morgan fingerprint density at radius 2 is 1.62 bits per heavy atom. The Balaban J connectivity index is 2.09. The van der Waals surface area contributed by atoms with Gasteiger partial charge in [0.05, 0.1) is 5.69 Å². The van der Waals surface area contributed by atoms with Crippen molar-refractivity contribution in [3.63, 3.8) is 0 Å². The first-order valence-corrected chi connectivity index (χ1v) is 7.46. The van der Waals surface area contributed by atoms with Crippen LogP contribution < -0.4 is 10.1 Å². The molecule has 0 aromatic heterocycles. The minimum Gasteiger partial charge on any atom is -0.406 e. The van der Waals surface area contributed by atoms with E-state index in [1.807, 2.05) is 18.2 Å². The fourth-order valence-corrected chi connectivity index (χ4v) is 2.99. The summed E-state index contributed by atoms with van der Waals surface area (Å²) in [5.41, 5.74) is 1.51. The maximum absolute atomic E-state index is 12.2. The molecule has 21 heavy (non-hydrogen) atoms. The minimum atomic E-state index is -4.68. The highest BCUT2D eigenvalue weighted by molar-refractivity contribution is 9.11. The number of alkyl halides is 3. The van der Waals surface area contributed by atoms with Crippen LogP contribution >= 0.6 is 31.9 Å². The maximum Gasteiger partial charge on any atom is 0.573 e. The second kappa shape index (κ2) is 6.70. The number of hydrogen-bond donors (Lipinski definition) is 1. The molecule has 0 aliphatic rings. The third kappa shape index (κ3) is 4.93. The molecule has 7 heteroatoms. The average molecular weight is 425 g/mol. The Morgan fingerprint density at radius 3 is 2.24 bits per heavy atom. The number of para-hydroxylation sites is 1. The van der Waals surface area contributed by atoms with E-state index in [0.717, 1.165) is 14.6 Å². The van der Waals surface area contributed by atoms with Crippen molar-refractivity contribution in [1.82, 2.24) is 0 Å². The number of rotatable bonds is 4. The van der Waals surface area contributed by atoms with Crippen molar-refractivity contribution in [2.24, 2.45) is 0 Å². The summed E-state index contributed by atoms with van der Waals surface area (Å²) in [7, 11) is 0. The molecular weight excluding hydrogens is 415 g/mol. The van der Waals surface area contributed by atoms with Crippen LogP contribution in [0.4, 0.5) is 18.9 Å². The molecule has 0 saturated carbocycles. The van der Waals surface area contributed by atoms with Crippen molar-refractivity contribution in [3.8, 4) is 5.75 Å². The maximum atomic E-state index is 12.2. The Bertz CT molecular complexity index is 612. The Labute approximate surface area is 136 Å². The van der Waals surface area contributed by atoms with Crippen molar-refractivity contribution in [1.29, 1.82) is 0 Å². The highest BCUT2D eigenvalue weighted by Gasteiger charge is 2.31. The minimum absolute atomic E-state index is 0.229. The van der Waals surface area contributed by atoms with Crippen LogP contribution in [0.5, 0.6) is 5.75 Å². The van der Waals surface area contributed by atoms with Gasteiger partial charge >= 0.3 is 6.36 Å². The number of hydrogen-bond acceptors (Lipinski definition) is 2. The van der Waals surface area contributed by atoms with Gasteiger partial charge in [0.15, 0.2) is 0 Å². The number of benzene rings is 2. The summed E-state index contributed by atoms with van der Waals surface area (Å²) in [6, 6.07) is 11.5. The van der Waals surface area contributed by atoms with Crippen LogP contribution in [0.3, 0.4) is 0 Å². The smallest absolute Gasteiger partial charge is 0.406 e. The van der Waals surface area contributed by atoms with Crippen LogP contribution in [0.1, 0.15) is 5.56 Å². The molecule has 0 atom stereocenters. The van der Waals surface area contributed by atoms with Gasteiger partial charge in [-0.25, -0.2) is 0 Å². The Kier molecular flexibility index (Phi) is 5.16. The molecule has 0 bridgehead atoms. The summed E-state index contributed by atoms with van der Waals surface area (Å²) >= 11 is 6.82. The van der Waals surface area contributed by atoms with Gasteiger partial charge in [-0.1, -0.05) is 18.2 Å². The van der Waals surface area contributed by atoms with Crippen molar-refractivity contribution in [2.45, 2.75) is 12.9 Å². The summed E-state index contributed by atoms with van der Waals surface area (Å²) < 4.78 is 42.2. The summed E-state index contributed by atoms with van der Waals surface area (Å²) in [5.74, 6) is -0.229. The zero-order chi connectivity index (χ0) is 15.5. The van der Waals surface area contributed by atoms with E-state index in [4.69, 9.17) is 0 Å². The fourth-order valence-electron chi connectivity index (χ4n) is 1.71. The van der Waals surface area contributed by atoms with Crippen LogP contribution in [-0.2, 0) is 6.54 Å². The normalized spacial score (nSPS) is 11.3. The molecule has 0 fully saturated rings. The van der Waals surface area contributed by atoms with Gasteiger partial charge in [0.1, 0.15) is 5.75 Å². The molecule has 0 aliphatic heterocycles. The second-order valence-corrected chi connectivity index (χ2v) is 5.85. The van der Waals surface area contributed by atoms with Crippen LogP contribution in [0.25, 0.3) is 0 Å². The highest BCUT2D eigenvalue weighted by atomic mass is 79.9. The summed E-state index contributed by atoms with van der Waals surface area (Å²) in [6.45, 7) is 0.371. The quantitative estimate of drug-likeness (QED) is 0.677. The lowest BCUT2D eigenvalue weighted by molar-refractivity contribution is -0.274. The van der Waals surface area contributed by atoms with E-state index >= 15 is 0 Å². The Hall–Kier alpha value is -1.21. The van der Waals surface area contributed by atoms with E-state index in [1.54, 1.807) is 6.07 Å². The lowest BCUT2D eigenvalue weighted by Crippen LogP contribution is -2.17. The molecule has 0 spiro atoms.